The summed E-state index contributed by atoms with van der Waals surface area (Å²) >= 11 is 0. The summed E-state index contributed by atoms with van der Waals surface area (Å²) in [4.78, 5) is 13.2. The smallest absolute Gasteiger partial charge is 0.255 e. The molecule has 1 amide bonds. The summed E-state index contributed by atoms with van der Waals surface area (Å²) in [7, 11) is -3.37. The molecule has 0 radical (unpaired) electrons. The number of hydrogen-bond donors (Lipinski definition) is 1. The van der Waals surface area contributed by atoms with Crippen LogP contribution in [-0.4, -0.2) is 29.9 Å². The topological polar surface area (TPSA) is 81.1 Å². The molecule has 0 saturated heterocycles. The highest BCUT2D eigenvalue weighted by Crippen LogP contribution is 2.33. The van der Waals surface area contributed by atoms with Crippen LogP contribution in [0.5, 0.6) is 0 Å². The van der Waals surface area contributed by atoms with Crippen LogP contribution in [0.3, 0.4) is 0 Å². The molecule has 0 aliphatic carbocycles. The third-order valence-electron chi connectivity index (χ3n) is 4.77. The fraction of sp³-hybridized carbons (Fsp3) is 0.200. The van der Waals surface area contributed by atoms with E-state index in [-0.39, 0.29) is 11.7 Å². The van der Waals surface area contributed by atoms with Gasteiger partial charge in [0.25, 0.3) is 5.91 Å². The number of nitrogens with one attached hydrogen (secondary N) is 1. The molecule has 3 aromatic rings. The summed E-state index contributed by atoms with van der Waals surface area (Å²) in [5.74, 6) is -0.433. The Balaban J connectivity index is 1.65. The summed E-state index contributed by atoms with van der Waals surface area (Å²) in [6, 6.07) is 15.9. The van der Waals surface area contributed by atoms with Gasteiger partial charge in [-0.2, -0.15) is 5.10 Å². The van der Waals surface area contributed by atoms with Gasteiger partial charge in [-0.1, -0.05) is 43.3 Å². The van der Waals surface area contributed by atoms with Crippen LogP contribution in [-0.2, 0) is 16.3 Å². The fourth-order valence-electron chi connectivity index (χ4n) is 3.50. The molecule has 138 valence electrons. The van der Waals surface area contributed by atoms with E-state index in [9.17, 15) is 13.2 Å². The molecule has 4 rings (SSSR count). The lowest BCUT2D eigenvalue weighted by molar-refractivity contribution is 0.0939. The SMILES string of the molecule is CCc1c(C(=O)NC2CS(=O)(=O)c3ccccc32)cnn1-c1ccccc1. The molecular weight excluding hydrogens is 362 g/mol. The van der Waals surface area contributed by atoms with E-state index in [1.807, 2.05) is 37.3 Å². The molecule has 1 aliphatic rings. The number of amides is 1. The van der Waals surface area contributed by atoms with Gasteiger partial charge in [0.15, 0.2) is 9.84 Å². The van der Waals surface area contributed by atoms with Crippen LogP contribution in [0.2, 0.25) is 0 Å². The van der Waals surface area contributed by atoms with Crippen LogP contribution in [0.25, 0.3) is 5.69 Å². The van der Waals surface area contributed by atoms with Crippen molar-refractivity contribution in [1.29, 1.82) is 0 Å². The average molecular weight is 381 g/mol. The molecular formula is C20H19N3O3S. The predicted molar refractivity (Wildman–Crippen MR) is 102 cm³/mol. The zero-order chi connectivity index (χ0) is 19.0. The Labute approximate surface area is 157 Å². The normalized spacial score (nSPS) is 17.4. The summed E-state index contributed by atoms with van der Waals surface area (Å²) < 4.78 is 26.4. The molecule has 0 spiro atoms. The summed E-state index contributed by atoms with van der Waals surface area (Å²) in [6.07, 6.45) is 2.16. The number of nitrogens with zero attached hydrogens (tertiary/aromatic N) is 2. The lowest BCUT2D eigenvalue weighted by atomic mass is 10.1. The number of aromatic nitrogens is 2. The highest BCUT2D eigenvalue weighted by molar-refractivity contribution is 7.91. The molecule has 1 aliphatic heterocycles. The third-order valence-corrected chi connectivity index (χ3v) is 6.58. The van der Waals surface area contributed by atoms with E-state index >= 15 is 0 Å². The van der Waals surface area contributed by atoms with Crippen molar-refractivity contribution in [1.82, 2.24) is 15.1 Å². The van der Waals surface area contributed by atoms with Crippen molar-refractivity contribution in [2.24, 2.45) is 0 Å². The largest absolute Gasteiger partial charge is 0.344 e. The average Bonchev–Trinajstić information content (AvgIpc) is 3.22. The maximum Gasteiger partial charge on any atom is 0.255 e. The Kier molecular flexibility index (Phi) is 4.31. The molecule has 1 atom stereocenters. The van der Waals surface area contributed by atoms with E-state index in [0.717, 1.165) is 11.4 Å². The van der Waals surface area contributed by atoms with Crippen LogP contribution >= 0.6 is 0 Å². The van der Waals surface area contributed by atoms with E-state index in [2.05, 4.69) is 10.4 Å². The molecule has 27 heavy (non-hydrogen) atoms. The molecule has 1 N–H and O–H groups in total. The van der Waals surface area contributed by atoms with Crippen molar-refractivity contribution < 1.29 is 13.2 Å². The van der Waals surface area contributed by atoms with Crippen molar-refractivity contribution in [3.8, 4) is 5.69 Å². The number of carbonyl (C=O) groups is 1. The Bertz CT molecular complexity index is 1100. The molecule has 1 aromatic heterocycles. The van der Waals surface area contributed by atoms with E-state index in [1.165, 1.54) is 6.20 Å². The summed E-state index contributed by atoms with van der Waals surface area (Å²) in [6.45, 7) is 1.96. The number of fused-ring (bicyclic) bond motifs is 1. The highest BCUT2D eigenvalue weighted by Gasteiger charge is 2.35. The van der Waals surface area contributed by atoms with Gasteiger partial charge in [0.2, 0.25) is 0 Å². The first-order valence-electron chi connectivity index (χ1n) is 8.76. The van der Waals surface area contributed by atoms with Crippen molar-refractivity contribution >= 4 is 15.7 Å². The van der Waals surface area contributed by atoms with Gasteiger partial charge >= 0.3 is 0 Å². The minimum absolute atomic E-state index is 0.119. The number of sulfone groups is 1. The van der Waals surface area contributed by atoms with Gasteiger partial charge in [-0.25, -0.2) is 13.1 Å². The monoisotopic (exact) mass is 381 g/mol. The van der Waals surface area contributed by atoms with E-state index in [4.69, 9.17) is 0 Å². The Hall–Kier alpha value is -2.93. The molecule has 0 fully saturated rings. The number of hydrogen-bond acceptors (Lipinski definition) is 4. The fourth-order valence-corrected chi connectivity index (χ4v) is 5.24. The number of para-hydroxylation sites is 1. The van der Waals surface area contributed by atoms with Crippen LogP contribution in [0, 0.1) is 0 Å². The second kappa shape index (κ2) is 6.66. The van der Waals surface area contributed by atoms with Gasteiger partial charge in [-0.05, 0) is 30.2 Å². The first kappa shape index (κ1) is 17.5. The lowest BCUT2D eigenvalue weighted by Crippen LogP contribution is -2.30. The third kappa shape index (κ3) is 3.04. The van der Waals surface area contributed by atoms with Gasteiger partial charge in [0.1, 0.15) is 0 Å². The lowest BCUT2D eigenvalue weighted by Gasteiger charge is -2.13. The minimum Gasteiger partial charge on any atom is -0.344 e. The van der Waals surface area contributed by atoms with E-state index in [0.29, 0.717) is 22.4 Å². The maximum absolute atomic E-state index is 12.9. The van der Waals surface area contributed by atoms with Crippen LogP contribution in [0.4, 0.5) is 0 Å². The minimum atomic E-state index is -3.37. The molecule has 2 aromatic carbocycles. The highest BCUT2D eigenvalue weighted by atomic mass is 32.2. The number of benzene rings is 2. The van der Waals surface area contributed by atoms with Gasteiger partial charge in [-0.15, -0.1) is 0 Å². The van der Waals surface area contributed by atoms with E-state index in [1.54, 1.807) is 28.9 Å². The Morgan fingerprint density at radius 3 is 2.59 bits per heavy atom. The zero-order valence-corrected chi connectivity index (χ0v) is 15.6. The second-order valence-corrected chi connectivity index (χ2v) is 8.45. The van der Waals surface area contributed by atoms with Crippen molar-refractivity contribution in [3.05, 3.63) is 77.6 Å². The van der Waals surface area contributed by atoms with Crippen molar-refractivity contribution in [2.45, 2.75) is 24.3 Å². The number of rotatable bonds is 4. The van der Waals surface area contributed by atoms with E-state index < -0.39 is 15.9 Å². The standard InChI is InChI=1S/C20H19N3O3S/c1-2-18-16(12-21-23(18)14-8-4-3-5-9-14)20(24)22-17-13-27(25,26)19-11-7-6-10-15(17)19/h3-12,17H,2,13H2,1H3,(H,22,24). The van der Waals surface area contributed by atoms with Gasteiger partial charge < -0.3 is 5.32 Å². The zero-order valence-electron chi connectivity index (χ0n) is 14.8. The number of carbonyl (C=O) groups excluding carboxylic acids is 1. The molecule has 2 heterocycles. The Morgan fingerprint density at radius 1 is 1.15 bits per heavy atom. The first-order valence-corrected chi connectivity index (χ1v) is 10.4. The van der Waals surface area contributed by atoms with Crippen LogP contribution in [0.15, 0.2) is 65.7 Å². The van der Waals surface area contributed by atoms with Crippen molar-refractivity contribution in [2.75, 3.05) is 5.75 Å². The molecule has 1 unspecified atom stereocenters. The molecule has 0 bridgehead atoms. The maximum atomic E-state index is 12.9. The van der Waals surface area contributed by atoms with Gasteiger partial charge in [0.05, 0.1) is 39.8 Å². The molecule has 0 saturated carbocycles. The summed E-state index contributed by atoms with van der Waals surface area (Å²) in [5.41, 5.74) is 2.76. The quantitative estimate of drug-likeness (QED) is 0.753. The van der Waals surface area contributed by atoms with Gasteiger partial charge in [0, 0.05) is 0 Å². The summed E-state index contributed by atoms with van der Waals surface area (Å²) in [5, 5.41) is 7.24. The van der Waals surface area contributed by atoms with Crippen LogP contribution in [0.1, 0.15) is 34.6 Å². The van der Waals surface area contributed by atoms with Crippen LogP contribution < -0.4 is 5.32 Å². The predicted octanol–water partition coefficient (Wildman–Crippen LogP) is 2.69. The molecule has 6 nitrogen and oxygen atoms in total. The van der Waals surface area contributed by atoms with Gasteiger partial charge in [-0.3, -0.25) is 4.79 Å². The van der Waals surface area contributed by atoms with Crippen molar-refractivity contribution in [3.63, 3.8) is 0 Å². The second-order valence-electron chi connectivity index (χ2n) is 6.45. The first-order chi connectivity index (χ1) is 13.0. The molecule has 7 heteroatoms. The Morgan fingerprint density at radius 2 is 1.85 bits per heavy atom.